The fraction of sp³-hybridized carbons (Fsp3) is 0.379. The maximum absolute atomic E-state index is 14.2. The number of hydrogen-bond donors (Lipinski definition) is 2. The van der Waals surface area contributed by atoms with Crippen LogP contribution in [-0.2, 0) is 14.9 Å². The summed E-state index contributed by atoms with van der Waals surface area (Å²) >= 11 is 0. The molecular formula is C29H32ClF2N5O4. The van der Waals surface area contributed by atoms with Crippen LogP contribution in [0.4, 0.5) is 24.1 Å². The van der Waals surface area contributed by atoms with Gasteiger partial charge in [0.1, 0.15) is 0 Å². The summed E-state index contributed by atoms with van der Waals surface area (Å²) in [5.41, 5.74) is 1.24. The fourth-order valence-corrected chi connectivity index (χ4v) is 5.35. The molecule has 0 saturated heterocycles. The maximum Gasteiger partial charge on any atom is 0.337 e. The molecule has 12 heteroatoms. The van der Waals surface area contributed by atoms with E-state index in [9.17, 15) is 28.4 Å². The van der Waals surface area contributed by atoms with Gasteiger partial charge in [-0.2, -0.15) is 5.26 Å². The zero-order chi connectivity index (χ0) is 28.9. The first-order valence-electron chi connectivity index (χ1n) is 13.0. The molecule has 1 heterocycles. The molecule has 2 aromatic rings. The van der Waals surface area contributed by atoms with Gasteiger partial charge in [0, 0.05) is 36.6 Å². The Hall–Kier alpha value is -4.17. The molecule has 2 N–H and O–H groups in total. The monoisotopic (exact) mass is 587 g/mol. The summed E-state index contributed by atoms with van der Waals surface area (Å²) in [7, 11) is 1.21. The summed E-state index contributed by atoms with van der Waals surface area (Å²) in [5.74, 6) is -2.60. The molecule has 0 atom stereocenters. The highest BCUT2D eigenvalue weighted by molar-refractivity contribution is 6.00. The van der Waals surface area contributed by atoms with Crippen LogP contribution in [0.2, 0.25) is 0 Å². The summed E-state index contributed by atoms with van der Waals surface area (Å²) in [6.45, 7) is 1.61. The lowest BCUT2D eigenvalue weighted by molar-refractivity contribution is -0.136. The highest BCUT2D eigenvalue weighted by Crippen LogP contribution is 2.41. The Morgan fingerprint density at radius 1 is 1.17 bits per heavy atom. The number of imide groups is 1. The van der Waals surface area contributed by atoms with Crippen LogP contribution in [0.25, 0.3) is 0 Å². The Kier molecular flexibility index (Phi) is 10.3. The van der Waals surface area contributed by atoms with Crippen LogP contribution >= 0.6 is 12.4 Å². The number of allylic oxidation sites excluding steroid dienone is 1. The van der Waals surface area contributed by atoms with E-state index in [0.29, 0.717) is 37.1 Å². The quantitative estimate of drug-likeness (QED) is 0.451. The van der Waals surface area contributed by atoms with Crippen LogP contribution < -0.4 is 15.5 Å². The number of anilines is 1. The minimum Gasteiger partial charge on any atom is -0.466 e. The van der Waals surface area contributed by atoms with Gasteiger partial charge in [0.15, 0.2) is 11.6 Å². The number of rotatable bonds is 7. The largest absolute Gasteiger partial charge is 0.466 e. The number of carbonyl (C=O) groups is 3. The van der Waals surface area contributed by atoms with E-state index >= 15 is 0 Å². The Balaban J connectivity index is 0.00000462. The van der Waals surface area contributed by atoms with E-state index < -0.39 is 35.1 Å². The molecule has 2 aromatic carbocycles. The van der Waals surface area contributed by atoms with Crippen LogP contribution in [0.3, 0.4) is 0 Å². The molecule has 1 saturated carbocycles. The van der Waals surface area contributed by atoms with Crippen molar-refractivity contribution in [3.63, 3.8) is 0 Å². The lowest BCUT2D eigenvalue weighted by Crippen LogP contribution is -2.54. The van der Waals surface area contributed by atoms with E-state index in [2.05, 4.69) is 16.7 Å². The van der Waals surface area contributed by atoms with Crippen molar-refractivity contribution in [3.8, 4) is 6.07 Å². The summed E-state index contributed by atoms with van der Waals surface area (Å²) in [6, 6.07) is 14.3. The molecule has 9 nitrogen and oxygen atoms in total. The number of nitrogens with zero attached hydrogens (tertiary/aromatic N) is 3. The van der Waals surface area contributed by atoms with Crippen molar-refractivity contribution >= 4 is 36.1 Å². The van der Waals surface area contributed by atoms with Crippen LogP contribution in [-0.4, -0.2) is 55.7 Å². The lowest BCUT2D eigenvalue weighted by Gasteiger charge is -2.41. The standard InChI is InChI=1S/C29H31F2N5O4.ClH/c1-19-23(26(37)40-2)17-36(28(39)34-19)27(38)33-14-15-35(22-8-9-24(30)25(31)16-22)21-10-12-29(18-32,13-11-21)20-6-4-3-5-7-20;/h3-9,16,21H,10-15,17H2,1-2H3,(H,33,38)(H,34,39);1H. The number of carbonyl (C=O) groups excluding carboxylic acids is 3. The smallest absolute Gasteiger partial charge is 0.337 e. The number of urea groups is 2. The predicted octanol–water partition coefficient (Wildman–Crippen LogP) is 4.78. The van der Waals surface area contributed by atoms with Gasteiger partial charge in [-0.1, -0.05) is 30.3 Å². The molecule has 0 spiro atoms. The number of methoxy groups -OCH3 is 1. The fourth-order valence-electron chi connectivity index (χ4n) is 5.35. The van der Waals surface area contributed by atoms with Crippen molar-refractivity contribution in [2.45, 2.75) is 44.1 Å². The maximum atomic E-state index is 14.2. The van der Waals surface area contributed by atoms with E-state index in [1.807, 2.05) is 35.2 Å². The van der Waals surface area contributed by atoms with Crippen LogP contribution in [0.15, 0.2) is 59.8 Å². The zero-order valence-electron chi connectivity index (χ0n) is 22.8. The third kappa shape index (κ3) is 6.77. The first-order chi connectivity index (χ1) is 19.2. The number of ether oxygens (including phenoxy) is 1. The number of nitriles is 1. The van der Waals surface area contributed by atoms with Gasteiger partial charge in [0.25, 0.3) is 0 Å². The van der Waals surface area contributed by atoms with Gasteiger partial charge in [-0.3, -0.25) is 0 Å². The highest BCUT2D eigenvalue weighted by atomic mass is 35.5. The third-order valence-electron chi connectivity index (χ3n) is 7.64. The van der Waals surface area contributed by atoms with Crippen molar-refractivity contribution in [1.82, 2.24) is 15.5 Å². The van der Waals surface area contributed by atoms with E-state index in [0.717, 1.165) is 22.6 Å². The van der Waals surface area contributed by atoms with Crippen LogP contribution in [0.1, 0.15) is 38.2 Å². The average molecular weight is 588 g/mol. The van der Waals surface area contributed by atoms with E-state index in [1.54, 1.807) is 6.92 Å². The molecular weight excluding hydrogens is 556 g/mol. The van der Waals surface area contributed by atoms with Gasteiger partial charge in [-0.15, -0.1) is 12.4 Å². The lowest BCUT2D eigenvalue weighted by atomic mass is 9.69. The molecule has 218 valence electrons. The minimum absolute atomic E-state index is 0. The molecule has 1 fully saturated rings. The molecule has 1 aliphatic carbocycles. The van der Waals surface area contributed by atoms with Crippen molar-refractivity contribution in [1.29, 1.82) is 5.26 Å². The molecule has 0 radical (unpaired) electrons. The zero-order valence-corrected chi connectivity index (χ0v) is 23.6. The molecule has 4 rings (SSSR count). The van der Waals surface area contributed by atoms with Crippen molar-refractivity contribution in [2.75, 3.05) is 31.6 Å². The molecule has 0 bridgehead atoms. The topological polar surface area (TPSA) is 115 Å². The van der Waals surface area contributed by atoms with Gasteiger partial charge in [0.05, 0.1) is 30.7 Å². The molecule has 2 aliphatic rings. The van der Waals surface area contributed by atoms with Crippen LogP contribution in [0.5, 0.6) is 0 Å². The molecule has 0 aromatic heterocycles. The number of nitrogens with one attached hydrogen (secondary N) is 2. The third-order valence-corrected chi connectivity index (χ3v) is 7.64. The predicted molar refractivity (Wildman–Crippen MR) is 150 cm³/mol. The second-order valence-corrected chi connectivity index (χ2v) is 9.93. The highest BCUT2D eigenvalue weighted by Gasteiger charge is 2.39. The van der Waals surface area contributed by atoms with Gasteiger partial charge in [-0.25, -0.2) is 28.1 Å². The SMILES string of the molecule is COC(=O)C1=C(C)NC(=O)N(C(=O)NCCN(c2ccc(F)c(F)c2)C2CCC(C#N)(c3ccccc3)CC2)C1.Cl. The molecule has 0 unspecified atom stereocenters. The van der Waals surface area contributed by atoms with Crippen LogP contribution in [0, 0.1) is 23.0 Å². The van der Waals surface area contributed by atoms with E-state index in [4.69, 9.17) is 4.74 Å². The Labute approximate surface area is 243 Å². The van der Waals surface area contributed by atoms with Gasteiger partial charge >= 0.3 is 18.0 Å². The van der Waals surface area contributed by atoms with Crippen molar-refractivity contribution < 1.29 is 27.9 Å². The summed E-state index contributed by atoms with van der Waals surface area (Å²) < 4.78 is 32.6. The second-order valence-electron chi connectivity index (χ2n) is 9.93. The summed E-state index contributed by atoms with van der Waals surface area (Å²) in [5, 5.41) is 15.2. The molecule has 41 heavy (non-hydrogen) atoms. The summed E-state index contributed by atoms with van der Waals surface area (Å²) in [4.78, 5) is 40.0. The number of benzene rings is 2. The van der Waals surface area contributed by atoms with Gasteiger partial charge in [-0.05, 0) is 50.3 Å². The van der Waals surface area contributed by atoms with Crippen molar-refractivity contribution in [3.05, 3.63) is 77.0 Å². The Morgan fingerprint density at radius 2 is 1.85 bits per heavy atom. The van der Waals surface area contributed by atoms with E-state index in [-0.39, 0.29) is 43.7 Å². The average Bonchev–Trinajstić information content (AvgIpc) is 2.97. The normalized spacial score (nSPS) is 20.3. The number of amides is 4. The number of hydrogen-bond acceptors (Lipinski definition) is 6. The number of esters is 1. The molecule has 4 amide bonds. The van der Waals surface area contributed by atoms with Gasteiger partial charge < -0.3 is 20.3 Å². The summed E-state index contributed by atoms with van der Waals surface area (Å²) in [6.07, 6.45) is 2.41. The first-order valence-corrected chi connectivity index (χ1v) is 13.0. The minimum atomic E-state index is -0.986. The Bertz CT molecular complexity index is 1360. The van der Waals surface area contributed by atoms with Gasteiger partial charge in [0.2, 0.25) is 0 Å². The Morgan fingerprint density at radius 3 is 2.46 bits per heavy atom. The first kappa shape index (κ1) is 31.4. The molecule has 1 aliphatic heterocycles. The second kappa shape index (κ2) is 13.5. The number of halogens is 3. The van der Waals surface area contributed by atoms with Crippen molar-refractivity contribution in [2.24, 2.45) is 0 Å². The van der Waals surface area contributed by atoms with E-state index in [1.165, 1.54) is 13.2 Å².